The number of aryl methyl sites for hydroxylation is 1. The van der Waals surface area contributed by atoms with Crippen LogP contribution < -0.4 is 0 Å². The number of rotatable bonds is 1. The second-order valence-electron chi connectivity index (χ2n) is 5.32. The fourth-order valence-corrected chi connectivity index (χ4v) is 3.00. The zero-order valence-corrected chi connectivity index (χ0v) is 12.9. The second kappa shape index (κ2) is 4.94. The van der Waals surface area contributed by atoms with Gasteiger partial charge in [-0.05, 0) is 30.7 Å². The third kappa shape index (κ3) is 2.22. The summed E-state index contributed by atoms with van der Waals surface area (Å²) in [7, 11) is 0. The largest absolute Gasteiger partial charge is 0.417 e. The Bertz CT molecular complexity index is 1080. The number of aromatic amines is 1. The molecule has 0 spiro atoms. The van der Waals surface area contributed by atoms with Crippen LogP contribution in [0.4, 0.5) is 13.2 Å². The van der Waals surface area contributed by atoms with Crippen LogP contribution >= 0.6 is 11.6 Å². The highest BCUT2D eigenvalue weighted by Crippen LogP contribution is 2.40. The number of benzene rings is 1. The van der Waals surface area contributed by atoms with E-state index in [1.807, 2.05) is 0 Å². The van der Waals surface area contributed by atoms with E-state index in [4.69, 9.17) is 11.6 Å². The van der Waals surface area contributed by atoms with Crippen LogP contribution in [0.25, 0.3) is 27.7 Å². The zero-order chi connectivity index (χ0) is 17.1. The highest BCUT2D eigenvalue weighted by atomic mass is 35.5. The lowest BCUT2D eigenvalue weighted by Crippen LogP contribution is -2.09. The highest BCUT2D eigenvalue weighted by molar-refractivity contribution is 6.35. The molecular weight excluding hydrogens is 343 g/mol. The standard InChI is InChI=1S/C15H9ClF3N5/c1-7-21-14-12(10(15(17,18)19)2-3-24(14)23-7)8-4-9-6-20-22-13(9)11(16)5-8/h2-6H,1H3,(H,20,22). The summed E-state index contributed by atoms with van der Waals surface area (Å²) in [5.74, 6) is 0.381. The average Bonchev–Trinajstić information content (AvgIpc) is 3.09. The second-order valence-corrected chi connectivity index (χ2v) is 5.73. The van der Waals surface area contributed by atoms with Gasteiger partial charge in [-0.1, -0.05) is 11.6 Å². The zero-order valence-electron chi connectivity index (χ0n) is 12.2. The van der Waals surface area contributed by atoms with Crippen LogP contribution in [0.3, 0.4) is 0 Å². The van der Waals surface area contributed by atoms with Gasteiger partial charge in [-0.15, -0.1) is 0 Å². The number of pyridine rings is 1. The molecule has 0 atom stereocenters. The van der Waals surface area contributed by atoms with Crippen molar-refractivity contribution in [1.29, 1.82) is 0 Å². The fourth-order valence-electron chi connectivity index (χ4n) is 2.73. The summed E-state index contributed by atoms with van der Waals surface area (Å²) in [6.07, 6.45) is -1.78. The number of nitrogens with one attached hydrogen (secondary N) is 1. The first kappa shape index (κ1) is 14.9. The first-order valence-electron chi connectivity index (χ1n) is 6.91. The number of nitrogens with zero attached hydrogens (tertiary/aromatic N) is 4. The lowest BCUT2D eigenvalue weighted by atomic mass is 9.99. The molecule has 9 heteroatoms. The molecule has 4 rings (SSSR count). The summed E-state index contributed by atoms with van der Waals surface area (Å²) in [6.45, 7) is 1.62. The van der Waals surface area contributed by atoms with Crippen LogP contribution in [0, 0.1) is 6.92 Å². The van der Waals surface area contributed by atoms with Crippen molar-refractivity contribution in [2.75, 3.05) is 0 Å². The molecule has 24 heavy (non-hydrogen) atoms. The Morgan fingerprint density at radius 1 is 1.25 bits per heavy atom. The van der Waals surface area contributed by atoms with Crippen LogP contribution in [0.2, 0.25) is 5.02 Å². The van der Waals surface area contributed by atoms with Gasteiger partial charge in [0.05, 0.1) is 22.3 Å². The molecule has 1 aromatic carbocycles. The minimum atomic E-state index is -4.53. The van der Waals surface area contributed by atoms with Gasteiger partial charge in [0.2, 0.25) is 0 Å². The molecule has 3 heterocycles. The monoisotopic (exact) mass is 351 g/mol. The third-order valence-corrected chi connectivity index (χ3v) is 4.01. The van der Waals surface area contributed by atoms with Gasteiger partial charge in [0.1, 0.15) is 5.82 Å². The molecular formula is C15H9ClF3N5. The Kier molecular flexibility index (Phi) is 3.08. The number of hydrogen-bond acceptors (Lipinski definition) is 3. The van der Waals surface area contributed by atoms with E-state index in [0.717, 1.165) is 6.07 Å². The molecule has 0 saturated carbocycles. The SMILES string of the molecule is Cc1nc2c(-c3cc(Cl)c4[nH]ncc4c3)c(C(F)(F)F)ccn2n1. The van der Waals surface area contributed by atoms with Gasteiger partial charge in [0.25, 0.3) is 0 Å². The smallest absolute Gasteiger partial charge is 0.276 e. The van der Waals surface area contributed by atoms with Crippen molar-refractivity contribution >= 4 is 28.2 Å². The van der Waals surface area contributed by atoms with Crippen LogP contribution in [0.5, 0.6) is 0 Å². The molecule has 3 aromatic heterocycles. The quantitative estimate of drug-likeness (QED) is 0.557. The molecule has 5 nitrogen and oxygen atoms in total. The Morgan fingerprint density at radius 3 is 2.79 bits per heavy atom. The van der Waals surface area contributed by atoms with Crippen molar-refractivity contribution in [3.8, 4) is 11.1 Å². The minimum absolute atomic E-state index is 0.0596. The molecule has 0 fully saturated rings. The number of halogens is 4. The molecule has 0 saturated heterocycles. The van der Waals surface area contributed by atoms with Gasteiger partial charge >= 0.3 is 6.18 Å². The summed E-state index contributed by atoms with van der Waals surface area (Å²) in [4.78, 5) is 4.15. The molecule has 0 aliphatic heterocycles. The van der Waals surface area contributed by atoms with E-state index in [0.29, 0.717) is 22.3 Å². The maximum absolute atomic E-state index is 13.5. The Morgan fingerprint density at radius 2 is 2.04 bits per heavy atom. The van der Waals surface area contributed by atoms with Crippen molar-refractivity contribution in [3.05, 3.63) is 47.0 Å². The molecule has 0 aliphatic carbocycles. The van der Waals surface area contributed by atoms with E-state index >= 15 is 0 Å². The number of hydrogen-bond donors (Lipinski definition) is 1. The Balaban J connectivity index is 2.12. The van der Waals surface area contributed by atoms with Crippen LogP contribution in [-0.4, -0.2) is 24.8 Å². The number of fused-ring (bicyclic) bond motifs is 2. The molecule has 122 valence electrons. The fraction of sp³-hybridized carbons (Fsp3) is 0.133. The van der Waals surface area contributed by atoms with E-state index in [9.17, 15) is 13.2 Å². The van der Waals surface area contributed by atoms with Crippen molar-refractivity contribution in [1.82, 2.24) is 24.8 Å². The molecule has 0 radical (unpaired) electrons. The molecule has 0 unspecified atom stereocenters. The van der Waals surface area contributed by atoms with E-state index < -0.39 is 11.7 Å². The Labute approximate surface area is 138 Å². The number of H-pyrrole nitrogens is 1. The third-order valence-electron chi connectivity index (χ3n) is 3.71. The van der Waals surface area contributed by atoms with Crippen molar-refractivity contribution in [3.63, 3.8) is 0 Å². The normalized spacial score (nSPS) is 12.4. The topological polar surface area (TPSA) is 58.9 Å². The van der Waals surface area contributed by atoms with E-state index in [1.165, 1.54) is 23.0 Å². The van der Waals surface area contributed by atoms with E-state index in [1.54, 1.807) is 13.0 Å². The van der Waals surface area contributed by atoms with E-state index in [-0.39, 0.29) is 16.2 Å². The Hall–Kier alpha value is -2.61. The number of aromatic nitrogens is 5. The van der Waals surface area contributed by atoms with Crippen molar-refractivity contribution in [2.24, 2.45) is 0 Å². The van der Waals surface area contributed by atoms with Gasteiger partial charge < -0.3 is 0 Å². The summed E-state index contributed by atoms with van der Waals surface area (Å²) >= 11 is 6.18. The van der Waals surface area contributed by atoms with Crippen molar-refractivity contribution < 1.29 is 13.2 Å². The number of alkyl halides is 3. The van der Waals surface area contributed by atoms with Crippen LogP contribution in [0.15, 0.2) is 30.6 Å². The van der Waals surface area contributed by atoms with Gasteiger partial charge in [-0.25, -0.2) is 9.50 Å². The molecule has 4 aromatic rings. The first-order chi connectivity index (χ1) is 11.3. The molecule has 0 bridgehead atoms. The van der Waals surface area contributed by atoms with Gasteiger partial charge in [0.15, 0.2) is 5.65 Å². The maximum Gasteiger partial charge on any atom is 0.417 e. The molecule has 0 amide bonds. The molecule has 0 aliphatic rings. The van der Waals surface area contributed by atoms with E-state index in [2.05, 4.69) is 20.3 Å². The van der Waals surface area contributed by atoms with Gasteiger partial charge in [-0.2, -0.15) is 23.4 Å². The predicted octanol–water partition coefficient (Wildman–Crippen LogP) is 4.25. The van der Waals surface area contributed by atoms with Crippen molar-refractivity contribution in [2.45, 2.75) is 13.1 Å². The summed E-state index contributed by atoms with van der Waals surface area (Å²) in [5.41, 5.74) is 0.149. The molecule has 1 N–H and O–H groups in total. The first-order valence-corrected chi connectivity index (χ1v) is 7.28. The lowest BCUT2D eigenvalue weighted by Gasteiger charge is -2.14. The van der Waals surface area contributed by atoms with Gasteiger partial charge in [-0.3, -0.25) is 5.10 Å². The summed E-state index contributed by atoms with van der Waals surface area (Å²) < 4.78 is 41.9. The summed E-state index contributed by atoms with van der Waals surface area (Å²) in [5, 5.41) is 11.6. The lowest BCUT2D eigenvalue weighted by molar-refractivity contribution is -0.137. The van der Waals surface area contributed by atoms with Gasteiger partial charge in [0, 0.05) is 17.1 Å². The summed E-state index contributed by atoms with van der Waals surface area (Å²) in [6, 6.07) is 4.06. The highest BCUT2D eigenvalue weighted by Gasteiger charge is 2.35. The minimum Gasteiger partial charge on any atom is -0.276 e. The average molecular weight is 352 g/mol. The van der Waals surface area contributed by atoms with Crippen LogP contribution in [-0.2, 0) is 6.18 Å². The predicted molar refractivity (Wildman–Crippen MR) is 82.8 cm³/mol. The van der Waals surface area contributed by atoms with Crippen LogP contribution in [0.1, 0.15) is 11.4 Å². The maximum atomic E-state index is 13.5.